The van der Waals surface area contributed by atoms with Gasteiger partial charge < -0.3 is 14.4 Å². The number of rotatable bonds is 1. The lowest BCUT2D eigenvalue weighted by Gasteiger charge is -2.32. The average Bonchev–Trinajstić information content (AvgIpc) is 2.89. The van der Waals surface area contributed by atoms with Crippen molar-refractivity contribution in [3.8, 4) is 0 Å². The first kappa shape index (κ1) is 15.1. The maximum absolute atomic E-state index is 11.2. The number of nitrogens with zero attached hydrogens (tertiary/aromatic N) is 2. The maximum atomic E-state index is 11.2. The molecule has 22 heavy (non-hydrogen) atoms. The lowest BCUT2D eigenvalue weighted by atomic mass is 9.78. The van der Waals surface area contributed by atoms with E-state index in [2.05, 4.69) is 5.10 Å². The summed E-state index contributed by atoms with van der Waals surface area (Å²) in [6, 6.07) is 3.77. The molecule has 1 N–H and O–H groups in total. The molecule has 1 aliphatic heterocycles. The molecule has 6 nitrogen and oxygen atoms in total. The number of carbonyl (C=O) groups is 1. The van der Waals surface area contributed by atoms with Crippen LogP contribution >= 0.6 is 0 Å². The Morgan fingerprint density at radius 1 is 1.23 bits per heavy atom. The van der Waals surface area contributed by atoms with Crippen molar-refractivity contribution in [2.45, 2.75) is 45.8 Å². The van der Waals surface area contributed by atoms with Gasteiger partial charge in [0, 0.05) is 5.39 Å². The molecule has 2 heterocycles. The Balaban J connectivity index is 2.06. The van der Waals surface area contributed by atoms with Gasteiger partial charge in [0.05, 0.1) is 22.9 Å². The topological polar surface area (TPSA) is 73.6 Å². The number of carboxylic acid groups (broad SMARTS) is 1. The fraction of sp³-hybridized carbons (Fsp3) is 0.467. The number of hydrogen-bond donors (Lipinski definition) is 1. The monoisotopic (exact) mass is 302 g/mol. The van der Waals surface area contributed by atoms with Crippen LogP contribution < -0.4 is 5.46 Å². The van der Waals surface area contributed by atoms with Crippen LogP contribution in [-0.4, -0.2) is 39.3 Å². The number of hydrogen-bond acceptors (Lipinski definition) is 4. The predicted molar refractivity (Wildman–Crippen MR) is 83.6 cm³/mol. The van der Waals surface area contributed by atoms with Gasteiger partial charge in [0.15, 0.2) is 0 Å². The third kappa shape index (κ3) is 2.12. The van der Waals surface area contributed by atoms with E-state index < -0.39 is 24.4 Å². The number of aromatic nitrogens is 2. The van der Waals surface area contributed by atoms with Crippen LogP contribution in [0.4, 0.5) is 4.79 Å². The van der Waals surface area contributed by atoms with E-state index in [0.29, 0.717) is 5.52 Å². The minimum atomic E-state index is -1.10. The van der Waals surface area contributed by atoms with E-state index in [9.17, 15) is 4.79 Å². The van der Waals surface area contributed by atoms with E-state index in [-0.39, 0.29) is 0 Å². The van der Waals surface area contributed by atoms with Crippen molar-refractivity contribution in [2.24, 2.45) is 0 Å². The minimum absolute atomic E-state index is 0.411. The van der Waals surface area contributed by atoms with Gasteiger partial charge in [0.2, 0.25) is 0 Å². The van der Waals surface area contributed by atoms with Gasteiger partial charge in [-0.25, -0.2) is 4.79 Å². The lowest BCUT2D eigenvalue weighted by molar-refractivity contribution is 0.00578. The van der Waals surface area contributed by atoms with Gasteiger partial charge in [-0.15, -0.1) is 0 Å². The molecule has 0 spiro atoms. The molecule has 0 radical (unpaired) electrons. The highest BCUT2D eigenvalue weighted by atomic mass is 16.7. The Hall–Kier alpha value is -1.86. The summed E-state index contributed by atoms with van der Waals surface area (Å²) in [4.78, 5) is 11.2. The largest absolute Gasteiger partial charge is 0.494 e. The van der Waals surface area contributed by atoms with E-state index >= 15 is 0 Å². The molecule has 1 aliphatic rings. The number of aryl methyl sites for hydroxylation is 1. The maximum Gasteiger partial charge on any atom is 0.494 e. The smallest absolute Gasteiger partial charge is 0.463 e. The second-order valence-corrected chi connectivity index (χ2v) is 6.70. The molecule has 0 amide bonds. The fourth-order valence-corrected chi connectivity index (χ4v) is 2.66. The van der Waals surface area contributed by atoms with Gasteiger partial charge in [0.1, 0.15) is 0 Å². The Labute approximate surface area is 129 Å². The minimum Gasteiger partial charge on any atom is -0.463 e. The van der Waals surface area contributed by atoms with Gasteiger partial charge >= 0.3 is 13.2 Å². The number of fused-ring (bicyclic) bond motifs is 1. The second kappa shape index (κ2) is 4.57. The van der Waals surface area contributed by atoms with Crippen LogP contribution in [0.1, 0.15) is 33.3 Å². The molecule has 0 saturated carbocycles. The van der Waals surface area contributed by atoms with Crippen LogP contribution in [0, 0.1) is 6.92 Å². The molecule has 1 aromatic carbocycles. The summed E-state index contributed by atoms with van der Waals surface area (Å²) >= 11 is 0. The van der Waals surface area contributed by atoms with Gasteiger partial charge in [-0.05, 0) is 45.6 Å². The van der Waals surface area contributed by atoms with Crippen LogP contribution in [0.25, 0.3) is 10.9 Å². The summed E-state index contributed by atoms with van der Waals surface area (Å²) in [6.07, 6.45) is 0.451. The normalized spacial score (nSPS) is 19.8. The molecule has 0 atom stereocenters. The van der Waals surface area contributed by atoms with Crippen molar-refractivity contribution in [1.82, 2.24) is 9.78 Å². The zero-order valence-electron chi connectivity index (χ0n) is 13.4. The summed E-state index contributed by atoms with van der Waals surface area (Å²) in [7, 11) is -0.471. The Morgan fingerprint density at radius 2 is 1.82 bits per heavy atom. The quantitative estimate of drug-likeness (QED) is 0.817. The van der Waals surface area contributed by atoms with Crippen molar-refractivity contribution in [1.29, 1.82) is 0 Å². The molecule has 1 saturated heterocycles. The van der Waals surface area contributed by atoms with Crippen LogP contribution in [0.2, 0.25) is 0 Å². The summed E-state index contributed by atoms with van der Waals surface area (Å²) in [5, 5.41) is 13.8. The van der Waals surface area contributed by atoms with Gasteiger partial charge in [-0.2, -0.15) is 9.78 Å². The molecular formula is C15H19BN2O4. The van der Waals surface area contributed by atoms with Crippen molar-refractivity contribution < 1.29 is 19.2 Å². The molecule has 7 heteroatoms. The highest BCUT2D eigenvalue weighted by Crippen LogP contribution is 2.36. The first-order valence-corrected chi connectivity index (χ1v) is 7.19. The van der Waals surface area contributed by atoms with E-state index in [4.69, 9.17) is 14.4 Å². The Morgan fingerprint density at radius 3 is 2.36 bits per heavy atom. The molecule has 1 fully saturated rings. The van der Waals surface area contributed by atoms with Crippen molar-refractivity contribution >= 4 is 29.6 Å². The first-order chi connectivity index (χ1) is 10.1. The first-order valence-electron chi connectivity index (χ1n) is 7.19. The van der Waals surface area contributed by atoms with E-state index in [1.165, 1.54) is 0 Å². The van der Waals surface area contributed by atoms with Crippen molar-refractivity contribution in [3.05, 3.63) is 23.9 Å². The zero-order chi connectivity index (χ0) is 16.3. The summed E-state index contributed by atoms with van der Waals surface area (Å²) in [5.74, 6) is 0. The summed E-state index contributed by atoms with van der Waals surface area (Å²) in [6.45, 7) is 9.86. The molecule has 116 valence electrons. The Bertz CT molecular complexity index is 750. The zero-order valence-corrected chi connectivity index (χ0v) is 13.4. The molecule has 0 unspecified atom stereocenters. The van der Waals surface area contributed by atoms with Gasteiger partial charge in [-0.3, -0.25) is 0 Å². The molecule has 2 aromatic rings. The molecule has 0 aliphatic carbocycles. The lowest BCUT2D eigenvalue weighted by Crippen LogP contribution is -2.41. The molecular weight excluding hydrogens is 283 g/mol. The predicted octanol–water partition coefficient (Wildman–Crippen LogP) is 2.17. The van der Waals surface area contributed by atoms with E-state index in [0.717, 1.165) is 21.1 Å². The average molecular weight is 302 g/mol. The summed E-state index contributed by atoms with van der Waals surface area (Å²) in [5.41, 5.74) is 1.46. The van der Waals surface area contributed by atoms with Crippen LogP contribution in [0.15, 0.2) is 18.3 Å². The summed E-state index contributed by atoms with van der Waals surface area (Å²) < 4.78 is 13.1. The second-order valence-electron chi connectivity index (χ2n) is 6.70. The third-order valence-corrected chi connectivity index (χ3v) is 4.58. The molecule has 0 bridgehead atoms. The highest BCUT2D eigenvalue weighted by Gasteiger charge is 2.51. The highest BCUT2D eigenvalue weighted by molar-refractivity contribution is 6.62. The van der Waals surface area contributed by atoms with Crippen LogP contribution in [0.5, 0.6) is 0 Å². The SMILES string of the molecule is Cc1cc(B2OC(C)(C)C(C)(C)O2)cc2cnn(C(=O)O)c12. The van der Waals surface area contributed by atoms with E-state index in [1.54, 1.807) is 6.20 Å². The fourth-order valence-electron chi connectivity index (χ4n) is 2.66. The molecule has 1 aromatic heterocycles. The standard InChI is InChI=1S/C15H19BN2O4/c1-9-6-11(16-21-14(2,3)15(4,5)22-16)7-10-8-17-18(12(9)10)13(19)20/h6-8H,1-5H3,(H,19,20). The van der Waals surface area contributed by atoms with Crippen molar-refractivity contribution in [3.63, 3.8) is 0 Å². The van der Waals surface area contributed by atoms with Crippen LogP contribution in [-0.2, 0) is 9.31 Å². The van der Waals surface area contributed by atoms with E-state index in [1.807, 2.05) is 46.8 Å². The van der Waals surface area contributed by atoms with Gasteiger partial charge in [0.25, 0.3) is 0 Å². The van der Waals surface area contributed by atoms with Crippen molar-refractivity contribution in [2.75, 3.05) is 0 Å². The molecule has 3 rings (SSSR count). The van der Waals surface area contributed by atoms with Gasteiger partial charge in [-0.1, -0.05) is 12.1 Å². The third-order valence-electron chi connectivity index (χ3n) is 4.58. The Kier molecular flexibility index (Phi) is 3.13. The van der Waals surface area contributed by atoms with Crippen LogP contribution in [0.3, 0.4) is 0 Å². The number of benzene rings is 1.